The van der Waals surface area contributed by atoms with Gasteiger partial charge in [0.2, 0.25) is 0 Å². The fourth-order valence-electron chi connectivity index (χ4n) is 7.29. The molecule has 0 N–H and O–H groups in total. The zero-order valence-corrected chi connectivity index (χ0v) is 25.1. The molecule has 10 rings (SSSR count). The van der Waals surface area contributed by atoms with Gasteiger partial charge in [-0.15, -0.1) is 11.3 Å². The summed E-state index contributed by atoms with van der Waals surface area (Å²) in [7, 11) is 0. The lowest BCUT2D eigenvalue weighted by atomic mass is 10.0. The van der Waals surface area contributed by atoms with Gasteiger partial charge >= 0.3 is 0 Å². The smallest absolute Gasteiger partial charge is 0.0547 e. The molecule has 0 spiro atoms. The zero-order chi connectivity index (χ0) is 29.5. The first-order chi connectivity index (χ1) is 22.3. The SMILES string of the molecule is c1ccc(-n2c3ccccc3c3cc(-n4c5ccccc5c5ccc(-c6ccc7sc8ccccc8c7c6)cc54)ccc32)cc1. The number of hydrogen-bond acceptors (Lipinski definition) is 1. The van der Waals surface area contributed by atoms with Gasteiger partial charge in [0.25, 0.3) is 0 Å². The molecule has 210 valence electrons. The van der Waals surface area contributed by atoms with E-state index in [1.165, 1.54) is 86.3 Å². The number of nitrogens with zero attached hydrogens (tertiary/aromatic N) is 2. The van der Waals surface area contributed by atoms with Gasteiger partial charge < -0.3 is 9.13 Å². The zero-order valence-electron chi connectivity index (χ0n) is 24.3. The van der Waals surface area contributed by atoms with Crippen molar-refractivity contribution in [3.63, 3.8) is 0 Å². The maximum Gasteiger partial charge on any atom is 0.0547 e. The molecule has 10 aromatic rings. The number of hydrogen-bond donors (Lipinski definition) is 0. The Morgan fingerprint density at radius 2 is 0.889 bits per heavy atom. The monoisotopic (exact) mass is 590 g/mol. The second kappa shape index (κ2) is 9.43. The van der Waals surface area contributed by atoms with Crippen molar-refractivity contribution >= 4 is 75.1 Å². The number of fused-ring (bicyclic) bond motifs is 9. The van der Waals surface area contributed by atoms with Crippen molar-refractivity contribution in [1.82, 2.24) is 9.13 Å². The van der Waals surface area contributed by atoms with E-state index >= 15 is 0 Å². The largest absolute Gasteiger partial charge is 0.309 e. The third kappa shape index (κ3) is 3.62. The van der Waals surface area contributed by atoms with Crippen LogP contribution < -0.4 is 0 Å². The summed E-state index contributed by atoms with van der Waals surface area (Å²) in [4.78, 5) is 0. The van der Waals surface area contributed by atoms with Crippen LogP contribution in [0.5, 0.6) is 0 Å². The molecule has 0 unspecified atom stereocenters. The minimum atomic E-state index is 1.17. The average Bonchev–Trinajstić information content (AvgIpc) is 3.75. The summed E-state index contributed by atoms with van der Waals surface area (Å²) >= 11 is 1.87. The quantitative estimate of drug-likeness (QED) is 0.194. The predicted molar refractivity (Wildman–Crippen MR) is 193 cm³/mol. The maximum absolute atomic E-state index is 2.45. The first-order valence-electron chi connectivity index (χ1n) is 15.4. The Morgan fingerprint density at radius 1 is 0.311 bits per heavy atom. The third-order valence-electron chi connectivity index (χ3n) is 9.31. The summed E-state index contributed by atoms with van der Waals surface area (Å²) in [6.07, 6.45) is 0. The van der Waals surface area contributed by atoms with Crippen LogP contribution in [0.15, 0.2) is 158 Å². The lowest BCUT2D eigenvalue weighted by Gasteiger charge is -2.11. The molecule has 0 saturated carbocycles. The van der Waals surface area contributed by atoms with Gasteiger partial charge in [0, 0.05) is 53.1 Å². The van der Waals surface area contributed by atoms with Crippen molar-refractivity contribution in [3.05, 3.63) is 158 Å². The fourth-order valence-corrected chi connectivity index (χ4v) is 8.38. The molecule has 0 bridgehead atoms. The van der Waals surface area contributed by atoms with E-state index in [1.807, 2.05) is 11.3 Å². The van der Waals surface area contributed by atoms with E-state index in [4.69, 9.17) is 0 Å². The van der Waals surface area contributed by atoms with Crippen LogP contribution in [0.25, 0.3) is 86.3 Å². The van der Waals surface area contributed by atoms with Crippen molar-refractivity contribution in [2.24, 2.45) is 0 Å². The van der Waals surface area contributed by atoms with Gasteiger partial charge in [0.15, 0.2) is 0 Å². The summed E-state index contributed by atoms with van der Waals surface area (Å²) in [6.45, 7) is 0. The molecule has 3 aromatic heterocycles. The Labute approximate surface area is 263 Å². The van der Waals surface area contributed by atoms with Crippen LogP contribution in [-0.2, 0) is 0 Å². The highest BCUT2D eigenvalue weighted by molar-refractivity contribution is 7.25. The molecule has 7 aromatic carbocycles. The summed E-state index contributed by atoms with van der Waals surface area (Å²) in [5.74, 6) is 0. The van der Waals surface area contributed by atoms with Crippen molar-refractivity contribution < 1.29 is 0 Å². The normalized spacial score (nSPS) is 12.0. The van der Waals surface area contributed by atoms with E-state index in [0.717, 1.165) is 0 Å². The van der Waals surface area contributed by atoms with Crippen LogP contribution >= 0.6 is 11.3 Å². The highest BCUT2D eigenvalue weighted by Crippen LogP contribution is 2.40. The second-order valence-electron chi connectivity index (χ2n) is 11.8. The van der Waals surface area contributed by atoms with Gasteiger partial charge in [-0.05, 0) is 77.9 Å². The van der Waals surface area contributed by atoms with Gasteiger partial charge in [0.05, 0.1) is 22.1 Å². The number of benzene rings is 7. The molecule has 3 heteroatoms. The Bertz CT molecular complexity index is 2760. The maximum atomic E-state index is 2.45. The van der Waals surface area contributed by atoms with Gasteiger partial charge in [-0.3, -0.25) is 0 Å². The molecule has 0 aliphatic carbocycles. The lowest BCUT2D eigenvalue weighted by molar-refractivity contribution is 1.17. The summed E-state index contributed by atoms with van der Waals surface area (Å²) in [5.41, 5.74) is 9.68. The highest BCUT2D eigenvalue weighted by atomic mass is 32.1. The third-order valence-corrected chi connectivity index (χ3v) is 10.5. The summed E-state index contributed by atoms with van der Waals surface area (Å²) < 4.78 is 7.49. The average molecular weight is 591 g/mol. The highest BCUT2D eigenvalue weighted by Gasteiger charge is 2.17. The Kier molecular flexibility index (Phi) is 5.19. The molecular weight excluding hydrogens is 565 g/mol. The van der Waals surface area contributed by atoms with Crippen molar-refractivity contribution in [2.45, 2.75) is 0 Å². The molecule has 0 aliphatic heterocycles. The Morgan fingerprint density at radius 3 is 1.71 bits per heavy atom. The van der Waals surface area contributed by atoms with Crippen LogP contribution in [-0.4, -0.2) is 9.13 Å². The van der Waals surface area contributed by atoms with Crippen molar-refractivity contribution in [2.75, 3.05) is 0 Å². The van der Waals surface area contributed by atoms with E-state index < -0.39 is 0 Å². The molecule has 2 nitrogen and oxygen atoms in total. The van der Waals surface area contributed by atoms with E-state index in [-0.39, 0.29) is 0 Å². The van der Waals surface area contributed by atoms with Gasteiger partial charge in [-0.25, -0.2) is 0 Å². The topological polar surface area (TPSA) is 9.86 Å². The van der Waals surface area contributed by atoms with E-state index in [2.05, 4.69) is 167 Å². The van der Waals surface area contributed by atoms with Crippen LogP contribution in [0.1, 0.15) is 0 Å². The molecule has 45 heavy (non-hydrogen) atoms. The minimum absolute atomic E-state index is 1.17. The van der Waals surface area contributed by atoms with Gasteiger partial charge in [0.1, 0.15) is 0 Å². The van der Waals surface area contributed by atoms with Crippen LogP contribution in [0.3, 0.4) is 0 Å². The van der Waals surface area contributed by atoms with Crippen LogP contribution in [0.2, 0.25) is 0 Å². The molecule has 0 saturated heterocycles. The first-order valence-corrected chi connectivity index (χ1v) is 16.2. The summed E-state index contributed by atoms with van der Waals surface area (Å²) in [5, 5.41) is 7.71. The van der Waals surface area contributed by atoms with E-state index in [0.29, 0.717) is 0 Å². The van der Waals surface area contributed by atoms with Crippen LogP contribution in [0, 0.1) is 0 Å². The number of aromatic nitrogens is 2. The lowest BCUT2D eigenvalue weighted by Crippen LogP contribution is -1.95. The van der Waals surface area contributed by atoms with Gasteiger partial charge in [-0.2, -0.15) is 0 Å². The number of thiophene rings is 1. The molecule has 0 atom stereocenters. The van der Waals surface area contributed by atoms with Crippen molar-refractivity contribution in [3.8, 4) is 22.5 Å². The Hall–Kier alpha value is -5.64. The predicted octanol–water partition coefficient (Wildman–Crippen LogP) is 11.9. The molecule has 0 amide bonds. The first kappa shape index (κ1) is 24.8. The number of para-hydroxylation sites is 3. The molecule has 0 aliphatic rings. The second-order valence-corrected chi connectivity index (χ2v) is 12.9. The standard InChI is InChI=1S/C42H26N2S/c1-2-10-29(11-3-1)43-38-16-8-5-13-32(38)35-26-30(20-22-39(35)43)44-37-15-7-4-12-31(37)33-21-18-28(25-40(33)44)27-19-23-42-36(24-27)34-14-6-9-17-41(34)45-42/h1-26H. The van der Waals surface area contributed by atoms with E-state index in [9.17, 15) is 0 Å². The molecule has 0 fully saturated rings. The molecule has 0 radical (unpaired) electrons. The molecule has 3 heterocycles. The minimum Gasteiger partial charge on any atom is -0.309 e. The van der Waals surface area contributed by atoms with E-state index in [1.54, 1.807) is 0 Å². The van der Waals surface area contributed by atoms with Gasteiger partial charge in [-0.1, -0.05) is 91.0 Å². The Balaban J connectivity index is 1.22. The molecular formula is C42H26N2S. The fraction of sp³-hybridized carbons (Fsp3) is 0. The number of rotatable bonds is 3. The van der Waals surface area contributed by atoms with Crippen LogP contribution in [0.4, 0.5) is 0 Å². The summed E-state index contributed by atoms with van der Waals surface area (Å²) in [6, 6.07) is 57.8. The van der Waals surface area contributed by atoms with Crippen molar-refractivity contribution in [1.29, 1.82) is 0 Å².